The smallest absolute Gasteiger partial charge is 0.435 e. The summed E-state index contributed by atoms with van der Waals surface area (Å²) < 4.78 is 41.9. The van der Waals surface area contributed by atoms with Gasteiger partial charge in [0.2, 0.25) is 0 Å². The molecule has 0 amide bonds. The van der Waals surface area contributed by atoms with Crippen LogP contribution >= 0.6 is 0 Å². The minimum absolute atomic E-state index is 0.207. The summed E-state index contributed by atoms with van der Waals surface area (Å²) in [6, 6.07) is 9.21. The van der Waals surface area contributed by atoms with E-state index in [9.17, 15) is 18.0 Å². The number of methoxy groups -OCH3 is 1. The summed E-state index contributed by atoms with van der Waals surface area (Å²) >= 11 is 0. The Morgan fingerprint density at radius 3 is 2.33 bits per heavy atom. The first-order chi connectivity index (χ1) is 11.3. The Hall–Kier alpha value is -2.64. The maximum Gasteiger partial charge on any atom is 0.435 e. The largest absolute Gasteiger partial charge is 0.469 e. The Morgan fingerprint density at radius 1 is 1.17 bits per heavy atom. The van der Waals surface area contributed by atoms with Crippen molar-refractivity contribution < 1.29 is 22.7 Å². The lowest BCUT2D eigenvalue weighted by atomic mass is 10.0. The van der Waals surface area contributed by atoms with E-state index < -0.39 is 11.9 Å². The molecule has 1 aromatic heterocycles. The van der Waals surface area contributed by atoms with Crippen LogP contribution in [0.2, 0.25) is 0 Å². The van der Waals surface area contributed by atoms with Gasteiger partial charge in [0.15, 0.2) is 11.5 Å². The molecule has 8 heteroatoms. The molecule has 0 fully saturated rings. The van der Waals surface area contributed by atoms with E-state index in [-0.39, 0.29) is 17.7 Å². The third-order valence-corrected chi connectivity index (χ3v) is 3.33. The molecule has 0 saturated heterocycles. The number of rotatable bonds is 5. The number of hydrogen-bond donors (Lipinski definition) is 1. The van der Waals surface area contributed by atoms with Crippen LogP contribution in [0.1, 0.15) is 18.2 Å². The molecule has 1 aromatic carbocycles. The number of ether oxygens (including phenoxy) is 1. The summed E-state index contributed by atoms with van der Waals surface area (Å²) in [5, 5.41) is 9.51. The van der Waals surface area contributed by atoms with E-state index in [4.69, 9.17) is 0 Å². The van der Waals surface area contributed by atoms with Crippen LogP contribution in [-0.2, 0) is 22.1 Å². The number of benzene rings is 1. The number of anilines is 2. The second kappa shape index (κ2) is 7.29. The number of hydrogen-bond acceptors (Lipinski definition) is 5. The van der Waals surface area contributed by atoms with Gasteiger partial charge in [-0.05, 0) is 36.2 Å². The van der Waals surface area contributed by atoms with E-state index in [1.165, 1.54) is 13.2 Å². The zero-order valence-corrected chi connectivity index (χ0v) is 13.1. The molecule has 24 heavy (non-hydrogen) atoms. The maximum absolute atomic E-state index is 12.4. The molecule has 0 bridgehead atoms. The Balaban J connectivity index is 2.00. The SMILES string of the molecule is COC(=O)C(C)Cc1ccc(Nc2ccc(C(F)(F)F)nn2)cc1. The third kappa shape index (κ3) is 4.68. The van der Waals surface area contributed by atoms with Crippen LogP contribution in [0.3, 0.4) is 0 Å². The van der Waals surface area contributed by atoms with Crippen LogP contribution in [0.15, 0.2) is 36.4 Å². The van der Waals surface area contributed by atoms with Crippen molar-refractivity contribution >= 4 is 17.5 Å². The molecule has 1 N–H and O–H groups in total. The summed E-state index contributed by atoms with van der Waals surface area (Å²) in [5.41, 5.74) is 0.552. The molecule has 0 saturated carbocycles. The van der Waals surface area contributed by atoms with Crippen molar-refractivity contribution in [2.45, 2.75) is 19.5 Å². The van der Waals surface area contributed by atoms with Gasteiger partial charge < -0.3 is 10.1 Å². The first-order valence-corrected chi connectivity index (χ1v) is 7.14. The summed E-state index contributed by atoms with van der Waals surface area (Å²) in [6.07, 6.45) is -3.98. The molecule has 0 radical (unpaired) electrons. The average Bonchev–Trinajstić information content (AvgIpc) is 2.55. The zero-order chi connectivity index (χ0) is 17.7. The van der Waals surface area contributed by atoms with Gasteiger partial charge in [-0.2, -0.15) is 13.2 Å². The fourth-order valence-electron chi connectivity index (χ4n) is 2.06. The molecule has 0 aliphatic rings. The predicted octanol–water partition coefficient (Wildman–Crippen LogP) is 3.59. The number of nitrogens with zero attached hydrogens (tertiary/aromatic N) is 2. The lowest BCUT2D eigenvalue weighted by Crippen LogP contribution is -2.15. The summed E-state index contributed by atoms with van der Waals surface area (Å²) in [7, 11) is 1.34. The number of carbonyl (C=O) groups is 1. The molecule has 1 atom stereocenters. The molecule has 5 nitrogen and oxygen atoms in total. The van der Waals surface area contributed by atoms with Gasteiger partial charge in [0.1, 0.15) is 0 Å². The monoisotopic (exact) mass is 339 g/mol. The second-order valence-corrected chi connectivity index (χ2v) is 5.25. The van der Waals surface area contributed by atoms with E-state index >= 15 is 0 Å². The summed E-state index contributed by atoms with van der Waals surface area (Å²) in [5.74, 6) is -0.328. The van der Waals surface area contributed by atoms with Crippen molar-refractivity contribution in [1.82, 2.24) is 10.2 Å². The maximum atomic E-state index is 12.4. The van der Waals surface area contributed by atoms with E-state index in [0.717, 1.165) is 11.6 Å². The van der Waals surface area contributed by atoms with E-state index in [1.807, 2.05) is 12.1 Å². The topological polar surface area (TPSA) is 64.1 Å². The average molecular weight is 339 g/mol. The first-order valence-electron chi connectivity index (χ1n) is 7.14. The highest BCUT2D eigenvalue weighted by Gasteiger charge is 2.32. The molecule has 2 aromatic rings. The lowest BCUT2D eigenvalue weighted by molar-refractivity contribution is -0.144. The van der Waals surface area contributed by atoms with Gasteiger partial charge >= 0.3 is 12.1 Å². The van der Waals surface area contributed by atoms with Crippen LogP contribution in [0, 0.1) is 5.92 Å². The first kappa shape index (κ1) is 17.7. The van der Waals surface area contributed by atoms with Gasteiger partial charge in [0, 0.05) is 5.69 Å². The molecule has 2 rings (SSSR count). The molecule has 1 heterocycles. The van der Waals surface area contributed by atoms with Gasteiger partial charge in [0.25, 0.3) is 0 Å². The molecule has 0 spiro atoms. The van der Waals surface area contributed by atoms with Gasteiger partial charge in [-0.3, -0.25) is 4.79 Å². The Kier molecular flexibility index (Phi) is 5.38. The zero-order valence-electron chi connectivity index (χ0n) is 13.1. The van der Waals surface area contributed by atoms with Crippen molar-refractivity contribution in [3.8, 4) is 0 Å². The van der Waals surface area contributed by atoms with Crippen molar-refractivity contribution in [3.05, 3.63) is 47.7 Å². The van der Waals surface area contributed by atoms with Gasteiger partial charge in [-0.1, -0.05) is 19.1 Å². The molecule has 1 unspecified atom stereocenters. The van der Waals surface area contributed by atoms with E-state index in [0.29, 0.717) is 12.1 Å². The highest BCUT2D eigenvalue weighted by Crippen LogP contribution is 2.27. The highest BCUT2D eigenvalue weighted by molar-refractivity contribution is 5.72. The number of nitrogens with one attached hydrogen (secondary N) is 1. The highest BCUT2D eigenvalue weighted by atomic mass is 19.4. The van der Waals surface area contributed by atoms with Crippen molar-refractivity contribution in [2.75, 3.05) is 12.4 Å². The Bertz CT molecular complexity index is 685. The fraction of sp³-hybridized carbons (Fsp3) is 0.312. The lowest BCUT2D eigenvalue weighted by Gasteiger charge is -2.10. The van der Waals surface area contributed by atoms with Crippen molar-refractivity contribution in [1.29, 1.82) is 0 Å². The number of aromatic nitrogens is 2. The molecular weight excluding hydrogens is 323 g/mol. The normalized spacial score (nSPS) is 12.5. The van der Waals surface area contributed by atoms with Crippen LogP contribution < -0.4 is 5.32 Å². The Labute approximate surface area is 136 Å². The quantitative estimate of drug-likeness (QED) is 0.844. The Morgan fingerprint density at radius 2 is 1.83 bits per heavy atom. The fourth-order valence-corrected chi connectivity index (χ4v) is 2.06. The molecular formula is C16H16F3N3O2. The minimum atomic E-state index is -4.51. The standard InChI is InChI=1S/C16H16F3N3O2/c1-10(15(23)24-2)9-11-3-5-12(6-4-11)20-14-8-7-13(21-22-14)16(17,18)19/h3-8,10H,9H2,1-2H3,(H,20,22). The molecule has 0 aliphatic heterocycles. The van der Waals surface area contributed by atoms with Crippen LogP contribution in [0.5, 0.6) is 0 Å². The van der Waals surface area contributed by atoms with Crippen LogP contribution in [0.25, 0.3) is 0 Å². The summed E-state index contributed by atoms with van der Waals surface area (Å²) in [6.45, 7) is 1.77. The van der Waals surface area contributed by atoms with E-state index in [1.54, 1.807) is 19.1 Å². The van der Waals surface area contributed by atoms with Crippen LogP contribution in [0.4, 0.5) is 24.7 Å². The van der Waals surface area contributed by atoms with Gasteiger partial charge in [0.05, 0.1) is 13.0 Å². The van der Waals surface area contributed by atoms with E-state index in [2.05, 4.69) is 20.3 Å². The second-order valence-electron chi connectivity index (χ2n) is 5.25. The van der Waals surface area contributed by atoms with Gasteiger partial charge in [-0.25, -0.2) is 0 Å². The molecule has 0 aliphatic carbocycles. The number of esters is 1. The number of halogens is 3. The summed E-state index contributed by atoms with van der Waals surface area (Å²) in [4.78, 5) is 11.4. The van der Waals surface area contributed by atoms with Crippen molar-refractivity contribution in [2.24, 2.45) is 5.92 Å². The predicted molar refractivity (Wildman–Crippen MR) is 81.6 cm³/mol. The van der Waals surface area contributed by atoms with Crippen LogP contribution in [-0.4, -0.2) is 23.3 Å². The van der Waals surface area contributed by atoms with Crippen molar-refractivity contribution in [3.63, 3.8) is 0 Å². The number of alkyl halides is 3. The molecule has 128 valence electrons. The third-order valence-electron chi connectivity index (χ3n) is 3.33. The van der Waals surface area contributed by atoms with Gasteiger partial charge in [-0.15, -0.1) is 10.2 Å². The number of carbonyl (C=O) groups excluding carboxylic acids is 1. The minimum Gasteiger partial charge on any atom is -0.469 e.